The van der Waals surface area contributed by atoms with E-state index < -0.39 is 133 Å². The Kier molecular flexibility index (Phi) is 22.5. The van der Waals surface area contributed by atoms with Crippen LogP contribution >= 0.6 is 11.8 Å². The van der Waals surface area contributed by atoms with Crippen molar-refractivity contribution in [3.63, 3.8) is 0 Å². The monoisotopic (exact) mass is 973 g/mol. The average Bonchev–Trinajstić information content (AvgIpc) is 3.77. The second-order valence-corrected chi connectivity index (χ2v) is 18.6. The lowest BCUT2D eigenvalue weighted by atomic mass is 9.96. The smallest absolute Gasteiger partial charge is 0.246 e. The van der Waals surface area contributed by atoms with E-state index in [0.717, 1.165) is 0 Å². The van der Waals surface area contributed by atoms with Gasteiger partial charge < -0.3 is 64.4 Å². The normalized spacial score (nSPS) is 23.4. The molecule has 0 radical (unpaired) electrons. The molecule has 11 amide bonds. The number of nitrogens with one attached hydrogen (secondary N) is 7. The van der Waals surface area contributed by atoms with Crippen molar-refractivity contribution in [1.29, 1.82) is 0 Å². The molecular weight excluding hydrogens is 907 g/mol. The van der Waals surface area contributed by atoms with Crippen molar-refractivity contribution in [2.75, 3.05) is 24.6 Å². The standard InChI is InChI=1S/C44H67N11O12S/c1-5-24(4)37-43(66)50-27(14-15-33(45)57)39(62)51-30(20-34(46)58)40(63)53-31(22-68-17-7-9-36(60)49-29(41(64)54-37)19-25-10-12-26(56)13-11-25)44(67)55-16-6-8-32(55)42(65)52-28(18-23(2)3)38(61)48-21-35(47)59/h10-13,23-24,27-32,37,56H,5-9,14-22H2,1-4H3,(H2,45,57)(H2,46,58)(H2,47,59)(H,48,61)(H,49,60)(H,50,66)(H,51,62)(H,52,65)(H,53,63)(H,54,64)/t24?,27?,28-,29?,30?,31?,32-,37?/m0/s1. The van der Waals surface area contributed by atoms with Crippen molar-refractivity contribution in [2.24, 2.45) is 29.0 Å². The molecule has 2 fully saturated rings. The quantitative estimate of drug-likeness (QED) is 0.0753. The molecule has 24 heteroatoms. The van der Waals surface area contributed by atoms with Gasteiger partial charge in [-0.15, -0.1) is 0 Å². The molecule has 376 valence electrons. The van der Waals surface area contributed by atoms with E-state index in [0.29, 0.717) is 18.4 Å². The summed E-state index contributed by atoms with van der Waals surface area (Å²) in [5, 5.41) is 27.9. The van der Waals surface area contributed by atoms with Crippen LogP contribution in [0.2, 0.25) is 0 Å². The van der Waals surface area contributed by atoms with Crippen molar-refractivity contribution < 1.29 is 57.8 Å². The molecule has 6 unspecified atom stereocenters. The van der Waals surface area contributed by atoms with Crippen LogP contribution in [-0.4, -0.2) is 142 Å². The number of nitrogens with two attached hydrogens (primary N) is 3. The molecule has 0 aliphatic carbocycles. The number of rotatable bonds is 17. The first-order valence-electron chi connectivity index (χ1n) is 22.7. The van der Waals surface area contributed by atoms with Crippen LogP contribution in [-0.2, 0) is 59.2 Å². The number of benzene rings is 1. The number of primary amides is 3. The summed E-state index contributed by atoms with van der Waals surface area (Å²) in [6.07, 6.45) is -0.330. The maximum absolute atomic E-state index is 14.5. The summed E-state index contributed by atoms with van der Waals surface area (Å²) in [6.45, 7) is 6.70. The number of phenols is 1. The van der Waals surface area contributed by atoms with E-state index >= 15 is 0 Å². The first-order valence-corrected chi connectivity index (χ1v) is 23.8. The molecule has 2 saturated heterocycles. The molecule has 2 aliphatic rings. The minimum absolute atomic E-state index is 0.0227. The van der Waals surface area contributed by atoms with E-state index in [9.17, 15) is 57.8 Å². The van der Waals surface area contributed by atoms with Crippen molar-refractivity contribution in [2.45, 2.75) is 134 Å². The predicted octanol–water partition coefficient (Wildman–Crippen LogP) is -2.80. The highest BCUT2D eigenvalue weighted by Gasteiger charge is 2.40. The number of amides is 11. The molecule has 0 saturated carbocycles. The second-order valence-electron chi connectivity index (χ2n) is 17.5. The van der Waals surface area contributed by atoms with Crippen LogP contribution in [0.4, 0.5) is 0 Å². The average molecular weight is 974 g/mol. The maximum atomic E-state index is 14.5. The molecular formula is C44H67N11O12S. The Hall–Kier alpha value is -6.46. The summed E-state index contributed by atoms with van der Waals surface area (Å²) in [5.74, 6) is -9.37. The number of aromatic hydroxyl groups is 1. The number of carbonyl (C=O) groups is 11. The van der Waals surface area contributed by atoms with Gasteiger partial charge >= 0.3 is 0 Å². The zero-order valence-electron chi connectivity index (χ0n) is 38.9. The Morgan fingerprint density at radius 2 is 1.46 bits per heavy atom. The third-order valence-corrected chi connectivity index (χ3v) is 12.5. The van der Waals surface area contributed by atoms with E-state index in [4.69, 9.17) is 17.2 Å². The molecule has 2 heterocycles. The van der Waals surface area contributed by atoms with E-state index in [2.05, 4.69) is 37.2 Å². The first kappa shape index (κ1) is 55.9. The van der Waals surface area contributed by atoms with Crippen LogP contribution in [0.5, 0.6) is 5.75 Å². The molecule has 14 N–H and O–H groups in total. The number of hydrogen-bond donors (Lipinski definition) is 11. The molecule has 3 rings (SSSR count). The van der Waals surface area contributed by atoms with Gasteiger partial charge in [0.15, 0.2) is 0 Å². The van der Waals surface area contributed by atoms with E-state index in [-0.39, 0.29) is 68.2 Å². The number of phenolic OH excluding ortho intramolecular Hbond substituents is 1. The summed E-state index contributed by atoms with van der Waals surface area (Å²) < 4.78 is 0. The molecule has 0 spiro atoms. The second kappa shape index (κ2) is 27.4. The SMILES string of the molecule is CCC(C)C1NC(=O)C(Cc2ccc(O)cc2)NC(=O)CCCSCC(C(=O)N2CCC[C@H]2C(=O)N[C@@H](CC(C)C)C(=O)NCC(N)=O)NC(=O)C(CC(N)=O)NC(=O)C(CCC(N)=O)NC1=O. The van der Waals surface area contributed by atoms with Gasteiger partial charge in [0, 0.05) is 31.6 Å². The van der Waals surface area contributed by atoms with Crippen molar-refractivity contribution >= 4 is 76.7 Å². The van der Waals surface area contributed by atoms with Crippen LogP contribution in [0, 0.1) is 11.8 Å². The van der Waals surface area contributed by atoms with Crippen LogP contribution in [0.3, 0.4) is 0 Å². The van der Waals surface area contributed by atoms with Crippen LogP contribution in [0.25, 0.3) is 0 Å². The number of likely N-dealkylation sites (tertiary alicyclic amines) is 1. The van der Waals surface area contributed by atoms with Gasteiger partial charge in [0.1, 0.15) is 48.0 Å². The summed E-state index contributed by atoms with van der Waals surface area (Å²) in [7, 11) is 0. The molecule has 23 nitrogen and oxygen atoms in total. The topological polar surface area (TPSA) is 374 Å². The molecule has 68 heavy (non-hydrogen) atoms. The van der Waals surface area contributed by atoms with E-state index in [1.807, 2.05) is 13.8 Å². The van der Waals surface area contributed by atoms with Crippen LogP contribution < -0.4 is 54.4 Å². The lowest BCUT2D eigenvalue weighted by Gasteiger charge is -2.31. The Labute approximate surface area is 399 Å². The third kappa shape index (κ3) is 18.3. The molecule has 1 aromatic carbocycles. The minimum atomic E-state index is -1.72. The first-order chi connectivity index (χ1) is 32.1. The van der Waals surface area contributed by atoms with Crippen LogP contribution in [0.1, 0.15) is 91.0 Å². The number of thioether (sulfide) groups is 1. The molecule has 1 aromatic rings. The van der Waals surface area contributed by atoms with E-state index in [1.54, 1.807) is 26.0 Å². The lowest BCUT2D eigenvalue weighted by Crippen LogP contribution is -2.61. The zero-order chi connectivity index (χ0) is 50.7. The van der Waals surface area contributed by atoms with Gasteiger partial charge in [-0.25, -0.2) is 0 Å². The van der Waals surface area contributed by atoms with Crippen molar-refractivity contribution in [3.05, 3.63) is 29.8 Å². The third-order valence-electron chi connectivity index (χ3n) is 11.4. The molecule has 0 bridgehead atoms. The van der Waals surface area contributed by atoms with Gasteiger partial charge in [-0.2, -0.15) is 11.8 Å². The fourth-order valence-corrected chi connectivity index (χ4v) is 8.53. The summed E-state index contributed by atoms with van der Waals surface area (Å²) in [4.78, 5) is 148. The summed E-state index contributed by atoms with van der Waals surface area (Å²) in [5.41, 5.74) is 16.7. The highest BCUT2D eigenvalue weighted by atomic mass is 32.2. The molecule has 2 aliphatic heterocycles. The number of nitrogens with zero attached hydrogens (tertiary/aromatic N) is 1. The predicted molar refractivity (Wildman–Crippen MR) is 248 cm³/mol. The highest BCUT2D eigenvalue weighted by Crippen LogP contribution is 2.22. The Bertz CT molecular complexity index is 2010. The van der Waals surface area contributed by atoms with Gasteiger partial charge in [-0.1, -0.05) is 46.2 Å². The Morgan fingerprint density at radius 3 is 2.07 bits per heavy atom. The number of hydrogen-bond acceptors (Lipinski definition) is 13. The lowest BCUT2D eigenvalue weighted by molar-refractivity contribution is -0.142. The maximum Gasteiger partial charge on any atom is 0.246 e. The minimum Gasteiger partial charge on any atom is -0.508 e. The Balaban J connectivity index is 2.02. The largest absolute Gasteiger partial charge is 0.508 e. The molecule has 8 atom stereocenters. The van der Waals surface area contributed by atoms with Crippen molar-refractivity contribution in [1.82, 2.24) is 42.1 Å². The summed E-state index contributed by atoms with van der Waals surface area (Å²) in [6, 6.07) is -3.37. The van der Waals surface area contributed by atoms with Crippen LogP contribution in [0.15, 0.2) is 24.3 Å². The zero-order valence-corrected chi connectivity index (χ0v) is 39.7. The van der Waals surface area contributed by atoms with Gasteiger partial charge in [-0.3, -0.25) is 52.7 Å². The van der Waals surface area contributed by atoms with Gasteiger partial charge in [-0.05, 0) is 67.4 Å². The van der Waals surface area contributed by atoms with Gasteiger partial charge in [0.05, 0.1) is 13.0 Å². The van der Waals surface area contributed by atoms with Crippen molar-refractivity contribution in [3.8, 4) is 5.75 Å². The number of carbonyl (C=O) groups excluding carboxylic acids is 11. The molecule has 0 aromatic heterocycles. The summed E-state index contributed by atoms with van der Waals surface area (Å²) >= 11 is 1.17. The fraction of sp³-hybridized carbons (Fsp3) is 0.614. The highest BCUT2D eigenvalue weighted by molar-refractivity contribution is 7.99. The van der Waals surface area contributed by atoms with E-state index in [1.165, 1.54) is 28.8 Å². The Morgan fingerprint density at radius 1 is 0.809 bits per heavy atom. The van der Waals surface area contributed by atoms with Gasteiger partial charge in [0.25, 0.3) is 0 Å². The van der Waals surface area contributed by atoms with Gasteiger partial charge in [0.2, 0.25) is 65.0 Å². The fourth-order valence-electron chi connectivity index (χ4n) is 7.55.